The molecule has 1 atom stereocenters. The molecule has 92 valence electrons. The van der Waals surface area contributed by atoms with Crippen molar-refractivity contribution in [3.8, 4) is 0 Å². The predicted molar refractivity (Wildman–Crippen MR) is 60.1 cm³/mol. The standard InChI is InChI=1S/C12H14FNO3/c1-7(2)10(12(16)17)14-11(15)8-4-3-5-9(13)6-8/h3-7,10H,1-2H3,(H,14,15)(H,16,17). The fraction of sp³-hybridized carbons (Fsp3) is 0.333. The van der Waals surface area contributed by atoms with Crippen molar-refractivity contribution >= 4 is 11.9 Å². The molecule has 1 amide bonds. The summed E-state index contributed by atoms with van der Waals surface area (Å²) < 4.78 is 12.9. The summed E-state index contributed by atoms with van der Waals surface area (Å²) in [4.78, 5) is 22.6. The lowest BCUT2D eigenvalue weighted by molar-refractivity contribution is -0.140. The molecule has 1 aromatic carbocycles. The lowest BCUT2D eigenvalue weighted by Gasteiger charge is -2.17. The summed E-state index contributed by atoms with van der Waals surface area (Å²) in [6.45, 7) is 3.37. The molecule has 0 saturated heterocycles. The van der Waals surface area contributed by atoms with E-state index in [0.29, 0.717) is 0 Å². The van der Waals surface area contributed by atoms with E-state index in [0.717, 1.165) is 6.07 Å². The number of halogens is 1. The number of carboxylic acids is 1. The first-order valence-corrected chi connectivity index (χ1v) is 5.21. The maximum atomic E-state index is 12.9. The van der Waals surface area contributed by atoms with Crippen LogP contribution in [0.5, 0.6) is 0 Å². The third-order valence-electron chi connectivity index (χ3n) is 2.31. The van der Waals surface area contributed by atoms with Crippen LogP contribution in [0.25, 0.3) is 0 Å². The minimum atomic E-state index is -1.11. The van der Waals surface area contributed by atoms with Crippen LogP contribution in [0.15, 0.2) is 24.3 Å². The highest BCUT2D eigenvalue weighted by Crippen LogP contribution is 2.06. The number of hydrogen-bond donors (Lipinski definition) is 2. The second-order valence-corrected chi connectivity index (χ2v) is 4.04. The summed E-state index contributed by atoms with van der Waals surface area (Å²) in [6, 6.07) is 4.13. The highest BCUT2D eigenvalue weighted by molar-refractivity contribution is 5.96. The maximum Gasteiger partial charge on any atom is 0.326 e. The van der Waals surface area contributed by atoms with Gasteiger partial charge in [-0.05, 0) is 24.1 Å². The second-order valence-electron chi connectivity index (χ2n) is 4.04. The van der Waals surface area contributed by atoms with E-state index in [2.05, 4.69) is 5.32 Å². The number of carbonyl (C=O) groups is 2. The van der Waals surface area contributed by atoms with Crippen molar-refractivity contribution in [3.63, 3.8) is 0 Å². The van der Waals surface area contributed by atoms with Gasteiger partial charge in [0, 0.05) is 5.56 Å². The van der Waals surface area contributed by atoms with Crippen LogP contribution >= 0.6 is 0 Å². The van der Waals surface area contributed by atoms with Gasteiger partial charge in [-0.25, -0.2) is 9.18 Å². The molecule has 0 aliphatic rings. The lowest BCUT2D eigenvalue weighted by Crippen LogP contribution is -2.44. The van der Waals surface area contributed by atoms with Crippen LogP contribution in [0.4, 0.5) is 4.39 Å². The fourth-order valence-corrected chi connectivity index (χ4v) is 1.37. The number of amides is 1. The molecular weight excluding hydrogens is 225 g/mol. The summed E-state index contributed by atoms with van der Waals surface area (Å²) in [6.07, 6.45) is 0. The Balaban J connectivity index is 2.81. The molecule has 5 heteroatoms. The zero-order valence-corrected chi connectivity index (χ0v) is 9.61. The van der Waals surface area contributed by atoms with E-state index in [1.54, 1.807) is 13.8 Å². The van der Waals surface area contributed by atoms with Crippen molar-refractivity contribution in [3.05, 3.63) is 35.6 Å². The molecule has 0 bridgehead atoms. The highest BCUT2D eigenvalue weighted by atomic mass is 19.1. The molecule has 4 nitrogen and oxygen atoms in total. The van der Waals surface area contributed by atoms with Gasteiger partial charge in [0.2, 0.25) is 0 Å². The summed E-state index contributed by atoms with van der Waals surface area (Å²) in [5, 5.41) is 11.3. The third-order valence-corrected chi connectivity index (χ3v) is 2.31. The van der Waals surface area contributed by atoms with E-state index in [9.17, 15) is 14.0 Å². The van der Waals surface area contributed by atoms with Crippen molar-refractivity contribution in [2.24, 2.45) is 5.92 Å². The molecule has 0 fully saturated rings. The van der Waals surface area contributed by atoms with Crippen molar-refractivity contribution in [2.75, 3.05) is 0 Å². The largest absolute Gasteiger partial charge is 0.480 e. The van der Waals surface area contributed by atoms with E-state index in [-0.39, 0.29) is 11.5 Å². The predicted octanol–water partition coefficient (Wildman–Crippen LogP) is 1.66. The fourth-order valence-electron chi connectivity index (χ4n) is 1.37. The number of benzene rings is 1. The summed E-state index contributed by atoms with van der Waals surface area (Å²) in [7, 11) is 0. The second kappa shape index (κ2) is 5.43. The quantitative estimate of drug-likeness (QED) is 0.839. The van der Waals surface area contributed by atoms with E-state index in [1.165, 1.54) is 18.2 Å². The van der Waals surface area contributed by atoms with Gasteiger partial charge < -0.3 is 10.4 Å². The maximum absolute atomic E-state index is 12.9. The van der Waals surface area contributed by atoms with E-state index in [1.807, 2.05) is 0 Å². The minimum absolute atomic E-state index is 0.108. The van der Waals surface area contributed by atoms with Gasteiger partial charge in [-0.3, -0.25) is 4.79 Å². The van der Waals surface area contributed by atoms with Gasteiger partial charge in [0.05, 0.1) is 0 Å². The molecule has 2 N–H and O–H groups in total. The number of nitrogens with one attached hydrogen (secondary N) is 1. The Morgan fingerprint density at radius 3 is 2.47 bits per heavy atom. The number of hydrogen-bond acceptors (Lipinski definition) is 2. The molecule has 0 heterocycles. The minimum Gasteiger partial charge on any atom is -0.480 e. The Labute approximate surface area is 98.5 Å². The first kappa shape index (κ1) is 13.2. The molecule has 0 aliphatic carbocycles. The van der Waals surface area contributed by atoms with Crippen LogP contribution in [0.3, 0.4) is 0 Å². The van der Waals surface area contributed by atoms with Crippen molar-refractivity contribution < 1.29 is 19.1 Å². The van der Waals surface area contributed by atoms with E-state index >= 15 is 0 Å². The number of aliphatic carboxylic acids is 1. The SMILES string of the molecule is CC(C)C(NC(=O)c1cccc(F)c1)C(=O)O. The van der Waals surface area contributed by atoms with Gasteiger partial charge in [0.1, 0.15) is 11.9 Å². The normalized spacial score (nSPS) is 12.2. The molecule has 0 radical (unpaired) electrons. The Morgan fingerprint density at radius 2 is 2.00 bits per heavy atom. The molecule has 0 spiro atoms. The Kier molecular flexibility index (Phi) is 4.20. The smallest absolute Gasteiger partial charge is 0.326 e. The third kappa shape index (κ3) is 3.55. The average Bonchev–Trinajstić information content (AvgIpc) is 2.24. The number of carboxylic acid groups (broad SMARTS) is 1. The van der Waals surface area contributed by atoms with Gasteiger partial charge in [0.15, 0.2) is 0 Å². The van der Waals surface area contributed by atoms with Crippen LogP contribution in [0.2, 0.25) is 0 Å². The first-order valence-electron chi connectivity index (χ1n) is 5.21. The average molecular weight is 239 g/mol. The van der Waals surface area contributed by atoms with Gasteiger partial charge in [-0.15, -0.1) is 0 Å². The van der Waals surface area contributed by atoms with Crippen LogP contribution in [0, 0.1) is 11.7 Å². The highest BCUT2D eigenvalue weighted by Gasteiger charge is 2.23. The number of carbonyl (C=O) groups excluding carboxylic acids is 1. The monoisotopic (exact) mass is 239 g/mol. The van der Waals surface area contributed by atoms with Crippen LogP contribution < -0.4 is 5.32 Å². The van der Waals surface area contributed by atoms with Gasteiger partial charge >= 0.3 is 5.97 Å². The molecule has 1 rings (SSSR count). The zero-order valence-electron chi connectivity index (χ0n) is 9.61. The van der Waals surface area contributed by atoms with Crippen LogP contribution in [-0.4, -0.2) is 23.0 Å². The number of rotatable bonds is 4. The Hall–Kier alpha value is -1.91. The van der Waals surface area contributed by atoms with Crippen molar-refractivity contribution in [1.82, 2.24) is 5.32 Å². The summed E-state index contributed by atoms with van der Waals surface area (Å²) in [5.74, 6) is -2.48. The van der Waals surface area contributed by atoms with Crippen molar-refractivity contribution in [1.29, 1.82) is 0 Å². The van der Waals surface area contributed by atoms with Crippen molar-refractivity contribution in [2.45, 2.75) is 19.9 Å². The van der Waals surface area contributed by atoms with Crippen LogP contribution in [0.1, 0.15) is 24.2 Å². The summed E-state index contributed by atoms with van der Waals surface area (Å²) >= 11 is 0. The van der Waals surface area contributed by atoms with Gasteiger partial charge in [-0.2, -0.15) is 0 Å². The lowest BCUT2D eigenvalue weighted by atomic mass is 10.0. The van der Waals surface area contributed by atoms with Gasteiger partial charge in [0.25, 0.3) is 5.91 Å². The van der Waals surface area contributed by atoms with E-state index < -0.39 is 23.7 Å². The first-order chi connectivity index (χ1) is 7.91. The molecular formula is C12H14FNO3. The molecule has 17 heavy (non-hydrogen) atoms. The van der Waals surface area contributed by atoms with E-state index in [4.69, 9.17) is 5.11 Å². The summed E-state index contributed by atoms with van der Waals surface area (Å²) in [5.41, 5.74) is 0.108. The molecule has 0 aromatic heterocycles. The Morgan fingerprint density at radius 1 is 1.35 bits per heavy atom. The topological polar surface area (TPSA) is 66.4 Å². The zero-order chi connectivity index (χ0) is 13.0. The van der Waals surface area contributed by atoms with Crippen LogP contribution in [-0.2, 0) is 4.79 Å². The molecule has 0 aliphatic heterocycles. The molecule has 1 aromatic rings. The molecule has 1 unspecified atom stereocenters. The van der Waals surface area contributed by atoms with Gasteiger partial charge in [-0.1, -0.05) is 19.9 Å². The Bertz CT molecular complexity index is 432. The molecule has 0 saturated carbocycles.